The van der Waals surface area contributed by atoms with E-state index in [9.17, 15) is 9.59 Å². The van der Waals surface area contributed by atoms with Gasteiger partial charge in [-0.3, -0.25) is 4.79 Å². The van der Waals surface area contributed by atoms with Crippen molar-refractivity contribution in [2.75, 3.05) is 39.4 Å². The molecule has 0 radical (unpaired) electrons. The van der Waals surface area contributed by atoms with Gasteiger partial charge in [0.25, 0.3) is 5.91 Å². The molecule has 1 aliphatic heterocycles. The van der Waals surface area contributed by atoms with Gasteiger partial charge in [-0.05, 0) is 13.8 Å². The van der Waals surface area contributed by atoms with Crippen LogP contribution in [0, 0.1) is 0 Å². The van der Waals surface area contributed by atoms with E-state index in [2.05, 4.69) is 9.97 Å². The Balaban J connectivity index is 1.95. The number of aromatic nitrogens is 2. The van der Waals surface area contributed by atoms with Gasteiger partial charge < -0.3 is 19.3 Å². The Morgan fingerprint density at radius 2 is 1.77 bits per heavy atom. The summed E-state index contributed by atoms with van der Waals surface area (Å²) in [6.07, 6.45) is 0.975. The Morgan fingerprint density at radius 3 is 2.41 bits per heavy atom. The second-order valence-electron chi connectivity index (χ2n) is 4.65. The summed E-state index contributed by atoms with van der Waals surface area (Å²) in [5.74, 6) is 0.192. The van der Waals surface area contributed by atoms with Crippen LogP contribution in [0.5, 0.6) is 5.88 Å². The van der Waals surface area contributed by atoms with Gasteiger partial charge in [-0.1, -0.05) is 0 Å². The molecule has 2 rings (SSSR count). The third-order valence-electron chi connectivity index (χ3n) is 3.25. The highest BCUT2D eigenvalue weighted by Crippen LogP contribution is 2.11. The van der Waals surface area contributed by atoms with E-state index in [1.54, 1.807) is 16.7 Å². The third-order valence-corrected chi connectivity index (χ3v) is 3.25. The number of hydrogen-bond donors (Lipinski definition) is 0. The van der Waals surface area contributed by atoms with Crippen molar-refractivity contribution in [3.63, 3.8) is 0 Å². The van der Waals surface area contributed by atoms with Crippen LogP contribution >= 0.6 is 0 Å². The van der Waals surface area contributed by atoms with E-state index in [1.165, 1.54) is 12.4 Å². The van der Waals surface area contributed by atoms with E-state index in [4.69, 9.17) is 9.47 Å². The fourth-order valence-corrected chi connectivity index (χ4v) is 2.15. The molecule has 8 nitrogen and oxygen atoms in total. The zero-order valence-corrected chi connectivity index (χ0v) is 12.8. The molecule has 0 N–H and O–H groups in total. The van der Waals surface area contributed by atoms with Crippen molar-refractivity contribution in [3.05, 3.63) is 18.1 Å². The van der Waals surface area contributed by atoms with E-state index >= 15 is 0 Å². The molecule has 0 unspecified atom stereocenters. The molecule has 1 aromatic rings. The zero-order valence-electron chi connectivity index (χ0n) is 12.8. The Hall–Kier alpha value is -2.38. The minimum absolute atomic E-state index is 0.188. The summed E-state index contributed by atoms with van der Waals surface area (Å²) < 4.78 is 10.2. The van der Waals surface area contributed by atoms with Gasteiger partial charge in [-0.15, -0.1) is 0 Å². The van der Waals surface area contributed by atoms with E-state index < -0.39 is 0 Å². The molecule has 0 saturated carbocycles. The third kappa shape index (κ3) is 3.84. The molecule has 22 heavy (non-hydrogen) atoms. The van der Waals surface area contributed by atoms with Crippen molar-refractivity contribution in [1.82, 2.24) is 19.8 Å². The number of ether oxygens (including phenoxy) is 2. The highest BCUT2D eigenvalue weighted by molar-refractivity contribution is 5.92. The Morgan fingerprint density at radius 1 is 1.09 bits per heavy atom. The van der Waals surface area contributed by atoms with E-state index in [0.29, 0.717) is 51.0 Å². The van der Waals surface area contributed by atoms with Gasteiger partial charge in [0.1, 0.15) is 12.0 Å². The molecule has 0 aromatic carbocycles. The van der Waals surface area contributed by atoms with Crippen LogP contribution in [0.2, 0.25) is 0 Å². The molecule has 0 bridgehead atoms. The Bertz CT molecular complexity index is 529. The number of hydrogen-bond acceptors (Lipinski definition) is 6. The molecule has 2 heterocycles. The summed E-state index contributed by atoms with van der Waals surface area (Å²) in [6, 6.07) is 1.53. The first kappa shape index (κ1) is 16.0. The smallest absolute Gasteiger partial charge is 0.409 e. The average molecular weight is 308 g/mol. The summed E-state index contributed by atoms with van der Waals surface area (Å²) in [4.78, 5) is 35.2. The lowest BCUT2D eigenvalue weighted by atomic mass is 10.3. The zero-order chi connectivity index (χ0) is 15.9. The fraction of sp³-hybridized carbons (Fsp3) is 0.571. The van der Waals surface area contributed by atoms with Crippen LogP contribution in [0.1, 0.15) is 24.3 Å². The van der Waals surface area contributed by atoms with Crippen molar-refractivity contribution in [3.8, 4) is 5.88 Å². The van der Waals surface area contributed by atoms with Crippen molar-refractivity contribution < 1.29 is 19.1 Å². The van der Waals surface area contributed by atoms with Gasteiger partial charge in [-0.25, -0.2) is 14.8 Å². The normalized spacial score (nSPS) is 14.6. The summed E-state index contributed by atoms with van der Waals surface area (Å²) in [5, 5.41) is 0. The molecule has 1 aromatic heterocycles. The van der Waals surface area contributed by atoms with Gasteiger partial charge in [0.05, 0.1) is 13.2 Å². The quantitative estimate of drug-likeness (QED) is 0.817. The van der Waals surface area contributed by atoms with Gasteiger partial charge in [0.15, 0.2) is 0 Å². The number of nitrogens with zero attached hydrogens (tertiary/aromatic N) is 4. The molecule has 1 fully saturated rings. The van der Waals surface area contributed by atoms with Gasteiger partial charge in [0, 0.05) is 32.2 Å². The number of carbonyl (C=O) groups is 2. The fourth-order valence-electron chi connectivity index (χ4n) is 2.15. The highest BCUT2D eigenvalue weighted by atomic mass is 16.6. The molecule has 2 amide bonds. The SMILES string of the molecule is CCOC(=O)N1CCN(C(=O)c2cc(OCC)ncn2)CC1. The predicted molar refractivity (Wildman–Crippen MR) is 77.7 cm³/mol. The number of carbonyl (C=O) groups excluding carboxylic acids is 2. The van der Waals surface area contributed by atoms with Crippen LogP contribution in [0.25, 0.3) is 0 Å². The lowest BCUT2D eigenvalue weighted by molar-refractivity contribution is 0.0565. The van der Waals surface area contributed by atoms with Crippen molar-refractivity contribution in [2.45, 2.75) is 13.8 Å². The van der Waals surface area contributed by atoms with Crippen molar-refractivity contribution in [2.24, 2.45) is 0 Å². The lowest BCUT2D eigenvalue weighted by Gasteiger charge is -2.33. The van der Waals surface area contributed by atoms with E-state index in [1.807, 2.05) is 6.92 Å². The molecular weight excluding hydrogens is 288 g/mol. The first-order chi connectivity index (χ1) is 10.7. The summed E-state index contributed by atoms with van der Waals surface area (Å²) in [7, 11) is 0. The largest absolute Gasteiger partial charge is 0.478 e. The molecule has 120 valence electrons. The van der Waals surface area contributed by atoms with Crippen LogP contribution in [-0.2, 0) is 4.74 Å². The second kappa shape index (κ2) is 7.58. The molecular formula is C14H20N4O4. The minimum Gasteiger partial charge on any atom is -0.478 e. The highest BCUT2D eigenvalue weighted by Gasteiger charge is 2.26. The van der Waals surface area contributed by atoms with Crippen molar-refractivity contribution in [1.29, 1.82) is 0 Å². The number of amides is 2. The van der Waals surface area contributed by atoms with Gasteiger partial charge >= 0.3 is 6.09 Å². The van der Waals surface area contributed by atoms with E-state index in [0.717, 1.165) is 0 Å². The Kier molecular flexibility index (Phi) is 5.51. The number of piperazine rings is 1. The molecule has 0 aliphatic carbocycles. The average Bonchev–Trinajstić information content (AvgIpc) is 2.55. The first-order valence-corrected chi connectivity index (χ1v) is 7.31. The lowest BCUT2D eigenvalue weighted by Crippen LogP contribution is -2.50. The maximum atomic E-state index is 12.4. The Labute approximate surface area is 129 Å². The molecule has 1 saturated heterocycles. The maximum Gasteiger partial charge on any atom is 0.409 e. The molecule has 0 spiro atoms. The number of rotatable bonds is 4. The second-order valence-corrected chi connectivity index (χ2v) is 4.65. The molecule has 0 atom stereocenters. The van der Waals surface area contributed by atoms with Gasteiger partial charge in [-0.2, -0.15) is 0 Å². The van der Waals surface area contributed by atoms with Crippen LogP contribution in [0.3, 0.4) is 0 Å². The summed E-state index contributed by atoms with van der Waals surface area (Å²) in [6.45, 7) is 6.24. The van der Waals surface area contributed by atoms with Crippen LogP contribution in [-0.4, -0.2) is 71.2 Å². The van der Waals surface area contributed by atoms with Crippen LogP contribution in [0.15, 0.2) is 12.4 Å². The molecule has 1 aliphatic rings. The summed E-state index contributed by atoms with van der Waals surface area (Å²) >= 11 is 0. The topological polar surface area (TPSA) is 84.9 Å². The maximum absolute atomic E-state index is 12.4. The van der Waals surface area contributed by atoms with Gasteiger partial charge in [0.2, 0.25) is 5.88 Å². The van der Waals surface area contributed by atoms with Crippen LogP contribution in [0.4, 0.5) is 4.79 Å². The summed E-state index contributed by atoms with van der Waals surface area (Å²) in [5.41, 5.74) is 0.294. The molecule has 8 heteroatoms. The monoisotopic (exact) mass is 308 g/mol. The van der Waals surface area contributed by atoms with Crippen LogP contribution < -0.4 is 4.74 Å². The first-order valence-electron chi connectivity index (χ1n) is 7.31. The van der Waals surface area contributed by atoms with E-state index in [-0.39, 0.29) is 12.0 Å². The predicted octanol–water partition coefficient (Wildman–Crippen LogP) is 0.790. The van der Waals surface area contributed by atoms with Crippen molar-refractivity contribution >= 4 is 12.0 Å². The minimum atomic E-state index is -0.338. The standard InChI is InChI=1S/C14H20N4O4/c1-3-21-12-9-11(15-10-16-12)13(19)17-5-7-18(8-6-17)14(20)22-4-2/h9-10H,3-8H2,1-2H3.